The minimum absolute atomic E-state index is 0.227. The Labute approximate surface area is 115 Å². The normalized spacial score (nSPS) is 46.7. The van der Waals surface area contributed by atoms with Crippen molar-refractivity contribution in [3.8, 4) is 0 Å². The van der Waals surface area contributed by atoms with E-state index < -0.39 is 0 Å². The number of hydrogen-bond donors (Lipinski definition) is 1. The molecule has 0 saturated carbocycles. The number of rotatable bonds is 1. The van der Waals surface area contributed by atoms with Crippen LogP contribution in [0.1, 0.15) is 33.1 Å². The summed E-state index contributed by atoms with van der Waals surface area (Å²) in [5.74, 6) is 2.52. The molecule has 0 amide bonds. The van der Waals surface area contributed by atoms with Crippen LogP contribution >= 0.6 is 11.8 Å². The summed E-state index contributed by atoms with van der Waals surface area (Å²) < 4.78 is 6.14. The highest BCUT2D eigenvalue weighted by Crippen LogP contribution is 2.39. The van der Waals surface area contributed by atoms with Crippen molar-refractivity contribution < 1.29 is 4.74 Å². The maximum atomic E-state index is 6.14. The third-order valence-corrected chi connectivity index (χ3v) is 5.86. The average Bonchev–Trinajstić information content (AvgIpc) is 2.76. The lowest BCUT2D eigenvalue weighted by atomic mass is 9.88. The molecule has 18 heavy (non-hydrogen) atoms. The van der Waals surface area contributed by atoms with Crippen molar-refractivity contribution in [2.45, 2.75) is 56.8 Å². The first-order valence-electron chi connectivity index (χ1n) is 7.39. The zero-order valence-corrected chi connectivity index (χ0v) is 12.5. The van der Waals surface area contributed by atoms with Crippen LogP contribution < -0.4 is 5.32 Å². The van der Waals surface area contributed by atoms with Crippen LogP contribution in [0.5, 0.6) is 0 Å². The van der Waals surface area contributed by atoms with Crippen molar-refractivity contribution in [1.82, 2.24) is 10.2 Å². The van der Waals surface area contributed by atoms with Gasteiger partial charge in [0.15, 0.2) is 0 Å². The van der Waals surface area contributed by atoms with Crippen LogP contribution in [0.4, 0.5) is 0 Å². The van der Waals surface area contributed by atoms with E-state index >= 15 is 0 Å². The monoisotopic (exact) mass is 270 g/mol. The first kappa shape index (κ1) is 13.2. The Morgan fingerprint density at radius 2 is 2.06 bits per heavy atom. The topological polar surface area (TPSA) is 24.5 Å². The second-order valence-electron chi connectivity index (χ2n) is 6.40. The van der Waals surface area contributed by atoms with Crippen LogP contribution in [0.2, 0.25) is 0 Å². The lowest BCUT2D eigenvalue weighted by Crippen LogP contribution is -2.59. The molecule has 3 nitrogen and oxygen atoms in total. The molecule has 0 bridgehead atoms. The third-order valence-electron chi connectivity index (χ3n) is 4.64. The molecule has 3 rings (SSSR count). The number of nitrogens with zero attached hydrogens (tertiary/aromatic N) is 1. The largest absolute Gasteiger partial charge is 0.374 e. The van der Waals surface area contributed by atoms with Gasteiger partial charge in [-0.25, -0.2) is 0 Å². The van der Waals surface area contributed by atoms with Crippen LogP contribution in [-0.2, 0) is 4.74 Å². The Kier molecular flexibility index (Phi) is 3.90. The summed E-state index contributed by atoms with van der Waals surface area (Å²) in [6.07, 6.45) is 3.76. The molecule has 0 radical (unpaired) electrons. The van der Waals surface area contributed by atoms with E-state index in [4.69, 9.17) is 4.74 Å². The first-order valence-corrected chi connectivity index (χ1v) is 8.54. The van der Waals surface area contributed by atoms with Crippen molar-refractivity contribution in [3.63, 3.8) is 0 Å². The Hall–Kier alpha value is 0.230. The van der Waals surface area contributed by atoms with Crippen molar-refractivity contribution >= 4 is 11.8 Å². The highest BCUT2D eigenvalue weighted by atomic mass is 32.2. The van der Waals surface area contributed by atoms with E-state index in [9.17, 15) is 0 Å². The van der Waals surface area contributed by atoms with Gasteiger partial charge in [0.05, 0.1) is 5.60 Å². The Bertz CT molecular complexity index is 284. The van der Waals surface area contributed by atoms with Crippen LogP contribution in [0, 0.1) is 0 Å². The molecular formula is C14H26N2OS. The summed E-state index contributed by atoms with van der Waals surface area (Å²) in [5.41, 5.74) is 0.227. The first-order chi connectivity index (χ1) is 8.67. The van der Waals surface area contributed by atoms with E-state index in [1.54, 1.807) is 0 Å². The molecule has 0 aromatic carbocycles. The van der Waals surface area contributed by atoms with Crippen molar-refractivity contribution in [2.75, 3.05) is 31.2 Å². The van der Waals surface area contributed by atoms with Gasteiger partial charge in [-0.15, -0.1) is 0 Å². The fraction of sp³-hybridized carbons (Fsp3) is 1.00. The minimum atomic E-state index is 0.227. The quantitative estimate of drug-likeness (QED) is 0.784. The molecule has 4 unspecified atom stereocenters. The van der Waals surface area contributed by atoms with Gasteiger partial charge in [-0.05, 0) is 38.9 Å². The van der Waals surface area contributed by atoms with Crippen molar-refractivity contribution in [3.05, 3.63) is 0 Å². The van der Waals surface area contributed by atoms with Gasteiger partial charge in [0.2, 0.25) is 0 Å². The highest BCUT2D eigenvalue weighted by Gasteiger charge is 2.42. The van der Waals surface area contributed by atoms with Gasteiger partial charge in [-0.3, -0.25) is 4.90 Å². The Morgan fingerprint density at radius 1 is 1.28 bits per heavy atom. The molecule has 3 aliphatic rings. The molecule has 0 aromatic rings. The Morgan fingerprint density at radius 3 is 2.72 bits per heavy atom. The summed E-state index contributed by atoms with van der Waals surface area (Å²) in [7, 11) is 0. The Balaban J connectivity index is 1.64. The molecule has 3 heterocycles. The van der Waals surface area contributed by atoms with E-state index in [-0.39, 0.29) is 5.60 Å². The molecule has 3 saturated heterocycles. The van der Waals surface area contributed by atoms with Crippen LogP contribution in [-0.4, -0.2) is 59.8 Å². The number of ether oxygens (including phenoxy) is 1. The average molecular weight is 270 g/mol. The van der Waals surface area contributed by atoms with Gasteiger partial charge in [-0.2, -0.15) is 11.8 Å². The second-order valence-corrected chi connectivity index (χ2v) is 7.51. The zero-order valence-electron chi connectivity index (χ0n) is 11.7. The van der Waals surface area contributed by atoms with Gasteiger partial charge in [0, 0.05) is 43.6 Å². The fourth-order valence-electron chi connectivity index (χ4n) is 3.84. The number of hydrogen-bond acceptors (Lipinski definition) is 4. The number of thioether (sulfide) groups is 1. The predicted molar refractivity (Wildman–Crippen MR) is 77.3 cm³/mol. The SMILES string of the molecule is CC1CN(C2CCOC3(CCSC3)C2)CC(C)N1. The van der Waals surface area contributed by atoms with E-state index in [2.05, 4.69) is 35.8 Å². The molecule has 1 N–H and O–H groups in total. The van der Waals surface area contributed by atoms with Crippen LogP contribution in [0.3, 0.4) is 0 Å². The van der Waals surface area contributed by atoms with Gasteiger partial charge in [0.25, 0.3) is 0 Å². The van der Waals surface area contributed by atoms with E-state index in [1.807, 2.05) is 0 Å². The maximum Gasteiger partial charge on any atom is 0.0795 e. The molecule has 0 aliphatic carbocycles. The number of piperazine rings is 1. The molecule has 3 fully saturated rings. The second kappa shape index (κ2) is 5.31. The summed E-state index contributed by atoms with van der Waals surface area (Å²) >= 11 is 2.07. The fourth-order valence-corrected chi connectivity index (χ4v) is 5.22. The maximum absolute atomic E-state index is 6.14. The lowest BCUT2D eigenvalue weighted by molar-refractivity contribution is -0.0937. The van der Waals surface area contributed by atoms with Gasteiger partial charge >= 0.3 is 0 Å². The minimum Gasteiger partial charge on any atom is -0.374 e. The van der Waals surface area contributed by atoms with Gasteiger partial charge in [0.1, 0.15) is 0 Å². The van der Waals surface area contributed by atoms with E-state index in [0.29, 0.717) is 12.1 Å². The van der Waals surface area contributed by atoms with Crippen molar-refractivity contribution in [2.24, 2.45) is 0 Å². The smallest absolute Gasteiger partial charge is 0.0795 e. The standard InChI is InChI=1S/C14H26N2OS/c1-11-8-16(9-12(2)15-11)13-3-5-17-14(7-13)4-6-18-10-14/h11-13,15H,3-10H2,1-2H3. The molecule has 0 aromatic heterocycles. The van der Waals surface area contributed by atoms with Crippen molar-refractivity contribution in [1.29, 1.82) is 0 Å². The number of nitrogens with one attached hydrogen (secondary N) is 1. The summed E-state index contributed by atoms with van der Waals surface area (Å²) in [6.45, 7) is 8.00. The molecule has 4 heteroatoms. The van der Waals surface area contributed by atoms with E-state index in [1.165, 1.54) is 43.9 Å². The summed E-state index contributed by atoms with van der Waals surface area (Å²) in [5, 5.41) is 3.63. The van der Waals surface area contributed by atoms with Crippen LogP contribution in [0.25, 0.3) is 0 Å². The molecule has 104 valence electrons. The summed E-state index contributed by atoms with van der Waals surface area (Å²) in [4.78, 5) is 2.72. The van der Waals surface area contributed by atoms with Crippen LogP contribution in [0.15, 0.2) is 0 Å². The van der Waals surface area contributed by atoms with Gasteiger partial charge < -0.3 is 10.1 Å². The predicted octanol–water partition coefficient (Wildman–Crippen LogP) is 1.72. The third kappa shape index (κ3) is 2.72. The molecular weight excluding hydrogens is 244 g/mol. The molecule has 3 aliphatic heterocycles. The zero-order chi connectivity index (χ0) is 12.6. The highest BCUT2D eigenvalue weighted by molar-refractivity contribution is 7.99. The molecule has 4 atom stereocenters. The lowest BCUT2D eigenvalue weighted by Gasteiger charge is -2.46. The van der Waals surface area contributed by atoms with E-state index in [0.717, 1.165) is 12.6 Å². The molecule has 1 spiro atoms. The van der Waals surface area contributed by atoms with Gasteiger partial charge in [-0.1, -0.05) is 0 Å². The summed E-state index contributed by atoms with van der Waals surface area (Å²) in [6, 6.07) is 2.01.